The Kier molecular flexibility index (Phi) is 6.21. The van der Waals surface area contributed by atoms with Crippen LogP contribution >= 0.6 is 0 Å². The Bertz CT molecular complexity index is 495. The minimum absolute atomic E-state index is 0.00880. The minimum atomic E-state index is -0.941. The zero-order valence-electron chi connectivity index (χ0n) is 14.7. The fourth-order valence-corrected chi connectivity index (χ4v) is 4.00. The molecule has 2 fully saturated rings. The second kappa shape index (κ2) is 7.96. The summed E-state index contributed by atoms with van der Waals surface area (Å²) in [5.74, 6) is -1.32. The summed E-state index contributed by atoms with van der Waals surface area (Å²) in [4.78, 5) is 37.8. The lowest BCUT2D eigenvalue weighted by Crippen LogP contribution is -2.55. The molecule has 2 rings (SSSR count). The van der Waals surface area contributed by atoms with Crippen molar-refractivity contribution in [2.24, 2.45) is 5.92 Å². The number of carboxylic acids is 1. The topological polar surface area (TPSA) is 95.9 Å². The van der Waals surface area contributed by atoms with Gasteiger partial charge in [0.25, 0.3) is 0 Å². The summed E-state index contributed by atoms with van der Waals surface area (Å²) in [6, 6.07) is -1.99. The average Bonchev–Trinajstić information content (AvgIpc) is 2.93. The lowest BCUT2D eigenvalue weighted by atomic mass is 9.84. The van der Waals surface area contributed by atoms with Crippen molar-refractivity contribution in [3.63, 3.8) is 0 Å². The SMILES string of the molecule is CCOC(=O)[C@H](C)N[C@@H](C)C(=O)N1[C@H](C(=O)O)C[C@H]2CCCC[C@@H]21. The number of nitrogens with one attached hydrogen (secondary N) is 1. The molecular formula is C17H28N2O5. The molecule has 0 bridgehead atoms. The highest BCUT2D eigenvalue weighted by Gasteiger charge is 2.48. The third-order valence-corrected chi connectivity index (χ3v) is 5.14. The first-order valence-corrected chi connectivity index (χ1v) is 8.84. The Balaban J connectivity index is 2.07. The van der Waals surface area contributed by atoms with Crippen LogP contribution in [-0.2, 0) is 19.1 Å². The molecule has 0 aromatic rings. The van der Waals surface area contributed by atoms with E-state index in [9.17, 15) is 19.5 Å². The summed E-state index contributed by atoms with van der Waals surface area (Å²) in [7, 11) is 0. The molecule has 7 nitrogen and oxygen atoms in total. The molecule has 1 saturated carbocycles. The Hall–Kier alpha value is -1.63. The monoisotopic (exact) mass is 340 g/mol. The average molecular weight is 340 g/mol. The van der Waals surface area contributed by atoms with Gasteiger partial charge in [0, 0.05) is 6.04 Å². The molecule has 1 saturated heterocycles. The largest absolute Gasteiger partial charge is 0.480 e. The number of hydrogen-bond acceptors (Lipinski definition) is 5. The van der Waals surface area contributed by atoms with E-state index in [4.69, 9.17) is 4.74 Å². The molecule has 0 unspecified atom stereocenters. The second-order valence-corrected chi connectivity index (χ2v) is 6.81. The van der Waals surface area contributed by atoms with Crippen LogP contribution in [-0.4, -0.2) is 58.6 Å². The van der Waals surface area contributed by atoms with Gasteiger partial charge in [0.05, 0.1) is 12.6 Å². The number of rotatable bonds is 6. The first kappa shape index (κ1) is 18.7. The molecule has 24 heavy (non-hydrogen) atoms. The highest BCUT2D eigenvalue weighted by molar-refractivity contribution is 5.88. The number of likely N-dealkylation sites (tertiary alicyclic amines) is 1. The van der Waals surface area contributed by atoms with Crippen molar-refractivity contribution in [3.05, 3.63) is 0 Å². The molecule has 7 heteroatoms. The molecule has 1 aliphatic carbocycles. The van der Waals surface area contributed by atoms with E-state index in [-0.39, 0.29) is 24.5 Å². The van der Waals surface area contributed by atoms with Crippen molar-refractivity contribution < 1.29 is 24.2 Å². The molecule has 0 aromatic heterocycles. The van der Waals surface area contributed by atoms with Crippen molar-refractivity contribution in [1.29, 1.82) is 0 Å². The fraction of sp³-hybridized carbons (Fsp3) is 0.824. The number of hydrogen-bond donors (Lipinski definition) is 2. The molecule has 2 aliphatic rings. The first-order chi connectivity index (χ1) is 11.4. The number of esters is 1. The summed E-state index contributed by atoms with van der Waals surface area (Å²) >= 11 is 0. The van der Waals surface area contributed by atoms with Crippen LogP contribution in [0.15, 0.2) is 0 Å². The van der Waals surface area contributed by atoms with Crippen LogP contribution in [0.3, 0.4) is 0 Å². The van der Waals surface area contributed by atoms with Crippen LogP contribution in [0.4, 0.5) is 0 Å². The van der Waals surface area contributed by atoms with Crippen molar-refractivity contribution in [1.82, 2.24) is 10.2 Å². The van der Waals surface area contributed by atoms with Gasteiger partial charge in [-0.05, 0) is 46.0 Å². The lowest BCUT2D eigenvalue weighted by Gasteiger charge is -2.35. The fourth-order valence-electron chi connectivity index (χ4n) is 4.00. The van der Waals surface area contributed by atoms with Gasteiger partial charge in [0.2, 0.25) is 5.91 Å². The molecule has 0 radical (unpaired) electrons. The molecule has 5 atom stereocenters. The third-order valence-electron chi connectivity index (χ3n) is 5.14. The van der Waals surface area contributed by atoms with Crippen molar-refractivity contribution in [3.8, 4) is 0 Å². The molecule has 1 aliphatic heterocycles. The number of aliphatic carboxylic acids is 1. The predicted octanol–water partition coefficient (Wildman–Crippen LogP) is 1.16. The van der Waals surface area contributed by atoms with Crippen LogP contribution in [0.25, 0.3) is 0 Å². The Morgan fingerprint density at radius 1 is 1.21 bits per heavy atom. The molecule has 136 valence electrons. The van der Waals surface area contributed by atoms with Crippen LogP contribution in [0.2, 0.25) is 0 Å². The smallest absolute Gasteiger partial charge is 0.326 e. The van der Waals surface area contributed by atoms with Crippen molar-refractivity contribution in [2.75, 3.05) is 6.61 Å². The van der Waals surface area contributed by atoms with E-state index in [1.165, 1.54) is 0 Å². The van der Waals surface area contributed by atoms with Gasteiger partial charge in [-0.3, -0.25) is 14.9 Å². The van der Waals surface area contributed by atoms with Crippen LogP contribution in [0.1, 0.15) is 52.9 Å². The molecule has 0 aromatic carbocycles. The van der Waals surface area contributed by atoms with Gasteiger partial charge in [0.1, 0.15) is 12.1 Å². The second-order valence-electron chi connectivity index (χ2n) is 6.81. The van der Waals surface area contributed by atoms with E-state index >= 15 is 0 Å². The van der Waals surface area contributed by atoms with Gasteiger partial charge in [-0.2, -0.15) is 0 Å². The van der Waals surface area contributed by atoms with E-state index in [1.807, 2.05) is 0 Å². The molecule has 2 N–H and O–H groups in total. The molecule has 1 heterocycles. The summed E-state index contributed by atoms with van der Waals surface area (Å²) < 4.78 is 4.93. The quantitative estimate of drug-likeness (QED) is 0.705. The maximum atomic E-state index is 12.9. The van der Waals surface area contributed by atoms with Gasteiger partial charge in [-0.15, -0.1) is 0 Å². The van der Waals surface area contributed by atoms with Crippen LogP contribution in [0.5, 0.6) is 0 Å². The Morgan fingerprint density at radius 2 is 1.88 bits per heavy atom. The van der Waals surface area contributed by atoms with Crippen molar-refractivity contribution >= 4 is 17.8 Å². The molecule has 0 spiro atoms. The Labute approximate surface area is 142 Å². The zero-order valence-corrected chi connectivity index (χ0v) is 14.7. The highest BCUT2D eigenvalue weighted by Crippen LogP contribution is 2.40. The van der Waals surface area contributed by atoms with Crippen LogP contribution < -0.4 is 5.32 Å². The normalized spacial score (nSPS) is 28.8. The van der Waals surface area contributed by atoms with Gasteiger partial charge in [-0.25, -0.2) is 4.79 Å². The Morgan fingerprint density at radius 3 is 2.50 bits per heavy atom. The van der Waals surface area contributed by atoms with E-state index in [1.54, 1.807) is 25.7 Å². The summed E-state index contributed by atoms with van der Waals surface area (Å²) in [5, 5.41) is 12.5. The number of carbonyl (C=O) groups is 3. The lowest BCUT2D eigenvalue weighted by molar-refractivity contribution is -0.151. The minimum Gasteiger partial charge on any atom is -0.480 e. The van der Waals surface area contributed by atoms with Crippen LogP contribution in [0, 0.1) is 5.92 Å². The third kappa shape index (κ3) is 3.88. The number of ether oxygens (including phenoxy) is 1. The van der Waals surface area contributed by atoms with Gasteiger partial charge < -0.3 is 14.7 Å². The molecular weight excluding hydrogens is 312 g/mol. The van der Waals surface area contributed by atoms with Gasteiger partial charge in [0.15, 0.2) is 0 Å². The standard InChI is InChI=1S/C17H28N2O5/c1-4-24-17(23)11(3)18-10(2)15(20)19-13-8-6-5-7-12(13)9-14(19)16(21)22/h10-14,18H,4-9H2,1-3H3,(H,21,22)/t10-,11-,12+,13-,14-/m0/s1. The predicted molar refractivity (Wildman–Crippen MR) is 87.3 cm³/mol. The maximum Gasteiger partial charge on any atom is 0.326 e. The van der Waals surface area contributed by atoms with E-state index in [2.05, 4.69) is 5.32 Å². The highest BCUT2D eigenvalue weighted by atomic mass is 16.5. The first-order valence-electron chi connectivity index (χ1n) is 8.84. The number of carbonyl (C=O) groups excluding carboxylic acids is 2. The summed E-state index contributed by atoms with van der Waals surface area (Å²) in [6.07, 6.45) is 4.51. The number of carboxylic acid groups (broad SMARTS) is 1. The maximum absolute atomic E-state index is 12.9. The van der Waals surface area contributed by atoms with Gasteiger partial charge in [-0.1, -0.05) is 12.8 Å². The number of nitrogens with zero attached hydrogens (tertiary/aromatic N) is 1. The molecule has 1 amide bonds. The summed E-state index contributed by atoms with van der Waals surface area (Å²) in [5.41, 5.74) is 0. The number of fused-ring (bicyclic) bond motifs is 1. The van der Waals surface area contributed by atoms with Gasteiger partial charge >= 0.3 is 11.9 Å². The van der Waals surface area contributed by atoms with E-state index in [0.29, 0.717) is 6.42 Å². The van der Waals surface area contributed by atoms with E-state index in [0.717, 1.165) is 25.7 Å². The summed E-state index contributed by atoms with van der Waals surface area (Å²) in [6.45, 7) is 5.32. The zero-order chi connectivity index (χ0) is 17.9. The van der Waals surface area contributed by atoms with Crippen molar-refractivity contribution in [2.45, 2.75) is 77.0 Å². The van der Waals surface area contributed by atoms with E-state index < -0.39 is 30.1 Å². The number of amides is 1.